The van der Waals surface area contributed by atoms with Crippen molar-refractivity contribution in [2.45, 2.75) is 68.6 Å². The van der Waals surface area contributed by atoms with Crippen LogP contribution in [0.5, 0.6) is 0 Å². The minimum absolute atomic E-state index is 0.155. The van der Waals surface area contributed by atoms with Gasteiger partial charge in [0, 0.05) is 4.88 Å². The van der Waals surface area contributed by atoms with Crippen LogP contribution in [0.2, 0.25) is 0 Å². The molecular weight excluding hydrogens is 449 g/mol. The lowest BCUT2D eigenvalue weighted by Gasteiger charge is -2.18. The third-order valence-electron chi connectivity index (χ3n) is 5.10. The normalized spacial score (nSPS) is 16.5. The minimum Gasteiger partial charge on any atom is -0.385 e. The molecule has 31 heavy (non-hydrogen) atoms. The molecule has 3 N–H and O–H groups in total. The van der Waals surface area contributed by atoms with Crippen molar-refractivity contribution in [2.24, 2.45) is 9.50 Å². The van der Waals surface area contributed by atoms with Crippen molar-refractivity contribution < 1.29 is 27.3 Å². The molecule has 2 aromatic rings. The average molecular weight is 475 g/mol. The number of aliphatic hydroxyl groups is 1. The van der Waals surface area contributed by atoms with E-state index in [4.69, 9.17) is 5.14 Å². The van der Waals surface area contributed by atoms with E-state index in [1.54, 1.807) is 13.8 Å². The average Bonchev–Trinajstić information content (AvgIpc) is 3.36. The minimum atomic E-state index is -3.93. The number of amides is 1. The van der Waals surface area contributed by atoms with Gasteiger partial charge in [-0.05, 0) is 67.3 Å². The molecule has 170 valence electrons. The molecular formula is C21H25F3N2O3S2. The summed E-state index contributed by atoms with van der Waals surface area (Å²) in [5.41, 5.74) is -0.439. The van der Waals surface area contributed by atoms with Gasteiger partial charge in [-0.2, -0.15) is 0 Å². The highest BCUT2D eigenvalue weighted by molar-refractivity contribution is 7.93. The Kier molecular flexibility index (Phi) is 6.41. The monoisotopic (exact) mass is 474 g/mol. The number of halogens is 3. The fourth-order valence-electron chi connectivity index (χ4n) is 3.44. The van der Waals surface area contributed by atoms with Crippen molar-refractivity contribution in [1.29, 1.82) is 0 Å². The second-order valence-electron chi connectivity index (χ2n) is 8.62. The molecule has 5 nitrogen and oxygen atoms in total. The summed E-state index contributed by atoms with van der Waals surface area (Å²) in [4.78, 5) is 12.9. The van der Waals surface area contributed by atoms with Crippen LogP contribution < -0.4 is 5.14 Å². The first kappa shape index (κ1) is 23.9. The van der Waals surface area contributed by atoms with Crippen LogP contribution in [-0.2, 0) is 26.7 Å². The van der Waals surface area contributed by atoms with Gasteiger partial charge in [-0.1, -0.05) is 13.8 Å². The van der Waals surface area contributed by atoms with Crippen molar-refractivity contribution in [3.05, 3.63) is 51.2 Å². The van der Waals surface area contributed by atoms with Gasteiger partial charge in [-0.25, -0.2) is 22.5 Å². The Bertz CT molecular complexity index is 1160. The summed E-state index contributed by atoms with van der Waals surface area (Å²) in [5, 5.41) is 15.7. The summed E-state index contributed by atoms with van der Waals surface area (Å²) in [7, 11) is -3.93. The lowest BCUT2D eigenvalue weighted by atomic mass is 9.88. The van der Waals surface area contributed by atoms with Crippen LogP contribution in [0.25, 0.3) is 0 Å². The first-order valence-electron chi connectivity index (χ1n) is 9.83. The first-order valence-corrected chi connectivity index (χ1v) is 12.2. The van der Waals surface area contributed by atoms with Gasteiger partial charge in [0.15, 0.2) is 31.6 Å². The van der Waals surface area contributed by atoms with Crippen LogP contribution in [-0.4, -0.2) is 15.2 Å². The Morgan fingerprint density at radius 3 is 2.39 bits per heavy atom. The zero-order valence-corrected chi connectivity index (χ0v) is 19.3. The van der Waals surface area contributed by atoms with E-state index in [0.717, 1.165) is 12.1 Å². The molecule has 1 aliphatic carbocycles. The van der Waals surface area contributed by atoms with E-state index < -0.39 is 49.5 Å². The molecule has 1 atom stereocenters. The molecule has 1 unspecified atom stereocenters. The summed E-state index contributed by atoms with van der Waals surface area (Å²) in [6, 6.07) is 2.08. The second-order valence-corrected chi connectivity index (χ2v) is 11.7. The third-order valence-corrected chi connectivity index (χ3v) is 8.48. The molecule has 0 aliphatic heterocycles. The lowest BCUT2D eigenvalue weighted by molar-refractivity contribution is -0.117. The Morgan fingerprint density at radius 2 is 1.90 bits per heavy atom. The van der Waals surface area contributed by atoms with Gasteiger partial charge in [-0.3, -0.25) is 4.79 Å². The van der Waals surface area contributed by atoms with Crippen LogP contribution >= 0.6 is 11.3 Å². The number of rotatable bonds is 6. The van der Waals surface area contributed by atoms with Crippen LogP contribution in [0.1, 0.15) is 73.9 Å². The van der Waals surface area contributed by atoms with Crippen molar-refractivity contribution in [3.63, 3.8) is 0 Å². The van der Waals surface area contributed by atoms with Crippen LogP contribution in [0.15, 0.2) is 20.7 Å². The molecule has 0 radical (unpaired) electrons. The number of thiophene rings is 1. The molecule has 0 bridgehead atoms. The third kappa shape index (κ3) is 5.02. The topological polar surface area (TPSA) is 92.8 Å². The van der Waals surface area contributed by atoms with Crippen molar-refractivity contribution in [1.82, 2.24) is 0 Å². The van der Waals surface area contributed by atoms with Crippen molar-refractivity contribution in [2.75, 3.05) is 0 Å². The van der Waals surface area contributed by atoms with Gasteiger partial charge in [-0.15, -0.1) is 15.7 Å². The smallest absolute Gasteiger partial charge is 0.259 e. The fraction of sp³-hybridized carbons (Fsp3) is 0.476. The molecule has 1 fully saturated rings. The van der Waals surface area contributed by atoms with Gasteiger partial charge < -0.3 is 5.11 Å². The molecule has 0 spiro atoms. The Labute approximate surface area is 183 Å². The maximum atomic E-state index is 14.5. The summed E-state index contributed by atoms with van der Waals surface area (Å²) in [6.45, 7) is 6.44. The largest absolute Gasteiger partial charge is 0.385 e. The predicted molar refractivity (Wildman–Crippen MR) is 114 cm³/mol. The number of hydrogen-bond donors (Lipinski definition) is 2. The van der Waals surface area contributed by atoms with E-state index >= 15 is 0 Å². The molecule has 1 amide bonds. The zero-order valence-electron chi connectivity index (χ0n) is 17.7. The zero-order chi connectivity index (χ0) is 23.3. The molecule has 1 aliphatic rings. The summed E-state index contributed by atoms with van der Waals surface area (Å²) < 4.78 is 59.0. The first-order chi connectivity index (χ1) is 14.2. The molecule has 3 rings (SSSR count). The maximum absolute atomic E-state index is 14.5. The van der Waals surface area contributed by atoms with E-state index in [0.29, 0.717) is 35.3 Å². The quantitative estimate of drug-likeness (QED) is 0.626. The number of carbonyl (C=O) groups excluding carboxylic acids is 1. The van der Waals surface area contributed by atoms with Crippen LogP contribution in [0.4, 0.5) is 13.2 Å². The number of nitrogens with two attached hydrogens (primary N) is 1. The maximum Gasteiger partial charge on any atom is 0.259 e. The highest BCUT2D eigenvalue weighted by Crippen LogP contribution is 2.45. The fourth-order valence-corrected chi connectivity index (χ4v) is 5.86. The van der Waals surface area contributed by atoms with Gasteiger partial charge >= 0.3 is 0 Å². The summed E-state index contributed by atoms with van der Waals surface area (Å²) in [5.74, 6) is -4.17. The van der Waals surface area contributed by atoms with Gasteiger partial charge in [0.05, 0.1) is 12.0 Å². The standard InChI is InChI=1S/C21H25F3N2O3S2/c1-10(2)12-7-14(22)19(24)18(11-5-6-11)13(12)8-17(27)26-31(25,29)20-15(23)9-16(30-20)21(3,4)28/h7,9-11,28H,5-6,8H2,1-4H3,(H2,25,26,27,29). The Hall–Kier alpha value is -1.75. The van der Waals surface area contributed by atoms with Gasteiger partial charge in [0.25, 0.3) is 5.91 Å². The van der Waals surface area contributed by atoms with Crippen molar-refractivity contribution in [3.8, 4) is 0 Å². The number of benzene rings is 1. The van der Waals surface area contributed by atoms with Gasteiger partial charge in [0.2, 0.25) is 0 Å². The number of carbonyl (C=O) groups is 1. The van der Waals surface area contributed by atoms with Crippen LogP contribution in [0, 0.1) is 17.5 Å². The summed E-state index contributed by atoms with van der Waals surface area (Å²) >= 11 is 0.671. The summed E-state index contributed by atoms with van der Waals surface area (Å²) in [6.07, 6.45) is 0.948. The molecule has 1 saturated carbocycles. The molecule has 10 heteroatoms. The molecule has 1 aromatic heterocycles. The SMILES string of the molecule is CC(C)c1cc(F)c(F)c(C2CC2)c1CC(=O)N=S(N)(=O)c1sc(C(C)(C)O)cc1F. The van der Waals surface area contributed by atoms with E-state index in [1.165, 1.54) is 13.8 Å². The lowest BCUT2D eigenvalue weighted by Crippen LogP contribution is -2.17. The number of nitrogens with zero attached hydrogens (tertiary/aromatic N) is 1. The second kappa shape index (κ2) is 8.31. The van der Waals surface area contributed by atoms with E-state index in [2.05, 4.69) is 4.36 Å². The predicted octanol–water partition coefficient (Wildman–Crippen LogP) is 4.86. The van der Waals surface area contributed by atoms with Gasteiger partial charge in [0.1, 0.15) is 0 Å². The Balaban J connectivity index is 2.02. The molecule has 1 heterocycles. The Morgan fingerprint density at radius 1 is 1.29 bits per heavy atom. The highest BCUT2D eigenvalue weighted by Gasteiger charge is 2.33. The molecule has 1 aromatic carbocycles. The highest BCUT2D eigenvalue weighted by atomic mass is 32.2. The van der Waals surface area contributed by atoms with E-state index in [1.807, 2.05) is 0 Å². The molecule has 0 saturated heterocycles. The number of hydrogen-bond acceptors (Lipinski definition) is 4. The van der Waals surface area contributed by atoms with E-state index in [-0.39, 0.29) is 22.3 Å². The van der Waals surface area contributed by atoms with Crippen molar-refractivity contribution >= 4 is 27.2 Å². The van der Waals surface area contributed by atoms with E-state index in [9.17, 15) is 27.3 Å². The van der Waals surface area contributed by atoms with Crippen LogP contribution in [0.3, 0.4) is 0 Å².